The van der Waals surface area contributed by atoms with Gasteiger partial charge in [-0.3, -0.25) is 4.79 Å². The first kappa shape index (κ1) is 16.3. The van der Waals surface area contributed by atoms with Gasteiger partial charge in [0.2, 0.25) is 0 Å². The van der Waals surface area contributed by atoms with Crippen molar-refractivity contribution in [2.24, 2.45) is 0 Å². The number of methoxy groups -OCH3 is 1. The van der Waals surface area contributed by atoms with Gasteiger partial charge in [0.15, 0.2) is 0 Å². The summed E-state index contributed by atoms with van der Waals surface area (Å²) in [5, 5.41) is 2.95. The summed E-state index contributed by atoms with van der Waals surface area (Å²) < 4.78 is 10.6. The third-order valence-corrected chi connectivity index (χ3v) is 3.93. The highest BCUT2D eigenvalue weighted by molar-refractivity contribution is 5.98. The quantitative estimate of drug-likeness (QED) is 0.908. The van der Waals surface area contributed by atoms with Crippen LogP contribution < -0.4 is 15.0 Å². The van der Waals surface area contributed by atoms with E-state index in [0.29, 0.717) is 31.1 Å². The molecule has 0 unspecified atom stereocenters. The zero-order chi connectivity index (χ0) is 16.8. The minimum absolute atomic E-state index is 0.132. The molecule has 1 aliphatic heterocycles. The second-order valence-electron chi connectivity index (χ2n) is 5.51. The maximum atomic E-state index is 12.6. The van der Waals surface area contributed by atoms with Crippen LogP contribution in [0.2, 0.25) is 0 Å². The Balaban J connectivity index is 1.70. The fraction of sp³-hybridized carbons (Fsp3) is 0.333. The molecule has 6 heteroatoms. The average molecular weight is 327 g/mol. The van der Waals surface area contributed by atoms with Crippen molar-refractivity contribution in [3.05, 3.63) is 53.7 Å². The Morgan fingerprint density at radius 3 is 2.92 bits per heavy atom. The number of carbonyl (C=O) groups excluding carboxylic acids is 1. The summed E-state index contributed by atoms with van der Waals surface area (Å²) in [6.45, 7) is 3.23. The van der Waals surface area contributed by atoms with Crippen molar-refractivity contribution < 1.29 is 14.3 Å². The maximum absolute atomic E-state index is 12.6. The summed E-state index contributed by atoms with van der Waals surface area (Å²) >= 11 is 0. The van der Waals surface area contributed by atoms with Crippen molar-refractivity contribution in [2.75, 3.05) is 38.3 Å². The second-order valence-corrected chi connectivity index (χ2v) is 5.51. The zero-order valence-corrected chi connectivity index (χ0v) is 13.7. The molecular formula is C18H21N3O3. The van der Waals surface area contributed by atoms with Crippen LogP contribution in [0.3, 0.4) is 0 Å². The summed E-state index contributed by atoms with van der Waals surface area (Å²) in [4.78, 5) is 19.1. The van der Waals surface area contributed by atoms with Crippen LogP contribution in [-0.4, -0.2) is 44.3 Å². The monoisotopic (exact) mass is 327 g/mol. The molecule has 0 bridgehead atoms. The van der Waals surface area contributed by atoms with Crippen LogP contribution in [0.25, 0.3) is 0 Å². The standard InChI is InChI=1S/C18H21N3O3/c1-23-15-5-2-4-14(12-15)13-20-18(22)16-6-3-7-19-17(16)21-8-10-24-11-9-21/h2-7,12H,8-11,13H2,1H3,(H,20,22). The summed E-state index contributed by atoms with van der Waals surface area (Å²) in [5.74, 6) is 1.36. The summed E-state index contributed by atoms with van der Waals surface area (Å²) in [6.07, 6.45) is 1.71. The molecule has 1 aromatic heterocycles. The van der Waals surface area contributed by atoms with Gasteiger partial charge in [-0.1, -0.05) is 12.1 Å². The van der Waals surface area contributed by atoms with Crippen LogP contribution in [0, 0.1) is 0 Å². The first-order valence-electron chi connectivity index (χ1n) is 7.97. The van der Waals surface area contributed by atoms with Crippen LogP contribution in [0.15, 0.2) is 42.6 Å². The van der Waals surface area contributed by atoms with E-state index in [2.05, 4.69) is 15.2 Å². The number of amides is 1. The Labute approximate surface area is 141 Å². The first-order valence-corrected chi connectivity index (χ1v) is 7.97. The molecule has 0 saturated carbocycles. The molecule has 2 aromatic rings. The van der Waals surface area contributed by atoms with Gasteiger partial charge in [0.25, 0.3) is 5.91 Å². The molecule has 0 radical (unpaired) electrons. The number of carbonyl (C=O) groups is 1. The number of nitrogens with one attached hydrogen (secondary N) is 1. The lowest BCUT2D eigenvalue weighted by molar-refractivity contribution is 0.0949. The molecule has 1 amide bonds. The lowest BCUT2D eigenvalue weighted by Crippen LogP contribution is -2.38. The first-order chi connectivity index (χ1) is 11.8. The Morgan fingerprint density at radius 2 is 2.12 bits per heavy atom. The molecule has 2 heterocycles. The van der Waals surface area contributed by atoms with Crippen molar-refractivity contribution in [2.45, 2.75) is 6.54 Å². The number of rotatable bonds is 5. The van der Waals surface area contributed by atoms with Crippen LogP contribution in [0.1, 0.15) is 15.9 Å². The third kappa shape index (κ3) is 3.83. The fourth-order valence-corrected chi connectivity index (χ4v) is 2.66. The van der Waals surface area contributed by atoms with Crippen molar-refractivity contribution >= 4 is 11.7 Å². The molecule has 1 aliphatic rings. The van der Waals surface area contributed by atoms with Crippen LogP contribution >= 0.6 is 0 Å². The van der Waals surface area contributed by atoms with E-state index in [1.54, 1.807) is 25.4 Å². The molecule has 3 rings (SSSR count). The fourth-order valence-electron chi connectivity index (χ4n) is 2.66. The van der Waals surface area contributed by atoms with Crippen molar-refractivity contribution in [1.82, 2.24) is 10.3 Å². The van der Waals surface area contributed by atoms with Crippen LogP contribution in [-0.2, 0) is 11.3 Å². The molecule has 1 saturated heterocycles. The predicted octanol–water partition coefficient (Wildman–Crippen LogP) is 1.86. The van der Waals surface area contributed by atoms with E-state index in [-0.39, 0.29) is 5.91 Å². The molecule has 6 nitrogen and oxygen atoms in total. The highest BCUT2D eigenvalue weighted by Gasteiger charge is 2.19. The van der Waals surface area contributed by atoms with Gasteiger partial charge in [-0.2, -0.15) is 0 Å². The summed E-state index contributed by atoms with van der Waals surface area (Å²) in [5.41, 5.74) is 1.57. The van der Waals surface area contributed by atoms with Gasteiger partial charge in [-0.05, 0) is 29.8 Å². The molecule has 126 valence electrons. The molecule has 1 fully saturated rings. The Morgan fingerprint density at radius 1 is 1.29 bits per heavy atom. The lowest BCUT2D eigenvalue weighted by atomic mass is 10.2. The number of ether oxygens (including phenoxy) is 2. The van der Waals surface area contributed by atoms with Crippen molar-refractivity contribution in [1.29, 1.82) is 0 Å². The average Bonchev–Trinajstić information content (AvgIpc) is 2.67. The minimum Gasteiger partial charge on any atom is -0.497 e. The van der Waals surface area contributed by atoms with E-state index in [1.807, 2.05) is 24.3 Å². The predicted molar refractivity (Wildman–Crippen MR) is 91.4 cm³/mol. The number of aromatic nitrogens is 1. The van der Waals surface area contributed by atoms with E-state index in [1.165, 1.54) is 0 Å². The summed E-state index contributed by atoms with van der Waals surface area (Å²) in [7, 11) is 1.63. The van der Waals surface area contributed by atoms with Crippen LogP contribution in [0.5, 0.6) is 5.75 Å². The van der Waals surface area contributed by atoms with E-state index in [9.17, 15) is 4.79 Å². The normalized spacial score (nSPS) is 14.3. The Hall–Kier alpha value is -2.60. The highest BCUT2D eigenvalue weighted by Crippen LogP contribution is 2.19. The van der Waals surface area contributed by atoms with Gasteiger partial charge in [0.05, 0.1) is 25.9 Å². The molecule has 0 atom stereocenters. The van der Waals surface area contributed by atoms with Gasteiger partial charge >= 0.3 is 0 Å². The van der Waals surface area contributed by atoms with Gasteiger partial charge in [0.1, 0.15) is 11.6 Å². The summed E-state index contributed by atoms with van der Waals surface area (Å²) in [6, 6.07) is 11.2. The topological polar surface area (TPSA) is 63.7 Å². The Kier molecular flexibility index (Phi) is 5.28. The van der Waals surface area contributed by atoms with Crippen molar-refractivity contribution in [3.8, 4) is 5.75 Å². The van der Waals surface area contributed by atoms with E-state index >= 15 is 0 Å². The molecule has 1 aromatic carbocycles. The van der Waals surface area contributed by atoms with Crippen molar-refractivity contribution in [3.63, 3.8) is 0 Å². The minimum atomic E-state index is -0.132. The highest BCUT2D eigenvalue weighted by atomic mass is 16.5. The van der Waals surface area contributed by atoms with E-state index in [4.69, 9.17) is 9.47 Å². The van der Waals surface area contributed by atoms with Gasteiger partial charge < -0.3 is 19.7 Å². The largest absolute Gasteiger partial charge is 0.497 e. The molecule has 24 heavy (non-hydrogen) atoms. The van der Waals surface area contributed by atoms with E-state index < -0.39 is 0 Å². The van der Waals surface area contributed by atoms with Crippen LogP contribution in [0.4, 0.5) is 5.82 Å². The molecule has 0 spiro atoms. The van der Waals surface area contributed by atoms with Gasteiger partial charge in [0, 0.05) is 25.8 Å². The third-order valence-electron chi connectivity index (χ3n) is 3.93. The Bertz CT molecular complexity index is 699. The maximum Gasteiger partial charge on any atom is 0.255 e. The smallest absolute Gasteiger partial charge is 0.255 e. The number of hydrogen-bond acceptors (Lipinski definition) is 5. The number of benzene rings is 1. The molecule has 0 aliphatic carbocycles. The number of anilines is 1. The van der Waals surface area contributed by atoms with Gasteiger partial charge in [-0.25, -0.2) is 4.98 Å². The lowest BCUT2D eigenvalue weighted by Gasteiger charge is -2.29. The van der Waals surface area contributed by atoms with Gasteiger partial charge in [-0.15, -0.1) is 0 Å². The molecular weight excluding hydrogens is 306 g/mol. The SMILES string of the molecule is COc1cccc(CNC(=O)c2cccnc2N2CCOCC2)c1. The zero-order valence-electron chi connectivity index (χ0n) is 13.7. The number of nitrogens with zero attached hydrogens (tertiary/aromatic N) is 2. The second kappa shape index (κ2) is 7.79. The number of pyridine rings is 1. The number of morpholine rings is 1. The molecule has 1 N–H and O–H groups in total. The number of hydrogen-bond donors (Lipinski definition) is 1. The van der Waals surface area contributed by atoms with E-state index in [0.717, 1.165) is 24.4 Å².